The van der Waals surface area contributed by atoms with Crippen molar-refractivity contribution in [3.63, 3.8) is 0 Å². The SMILES string of the molecule is NC(=O)C1CNCCN1Cc1ccc(F)c(Cl)c1. The third kappa shape index (κ3) is 2.98. The molecule has 1 heterocycles. The van der Waals surface area contributed by atoms with E-state index in [1.54, 1.807) is 12.1 Å². The van der Waals surface area contributed by atoms with Gasteiger partial charge in [-0.1, -0.05) is 17.7 Å². The van der Waals surface area contributed by atoms with Gasteiger partial charge in [0.1, 0.15) is 11.9 Å². The number of primary amides is 1. The van der Waals surface area contributed by atoms with E-state index in [9.17, 15) is 9.18 Å². The van der Waals surface area contributed by atoms with Gasteiger partial charge in [-0.05, 0) is 17.7 Å². The van der Waals surface area contributed by atoms with Gasteiger partial charge in [0.05, 0.1) is 5.02 Å². The lowest BCUT2D eigenvalue weighted by Gasteiger charge is -2.34. The van der Waals surface area contributed by atoms with E-state index in [2.05, 4.69) is 5.32 Å². The average molecular weight is 272 g/mol. The van der Waals surface area contributed by atoms with E-state index in [0.29, 0.717) is 13.1 Å². The molecule has 4 nitrogen and oxygen atoms in total. The van der Waals surface area contributed by atoms with E-state index in [1.807, 2.05) is 4.90 Å². The van der Waals surface area contributed by atoms with Crippen molar-refractivity contribution < 1.29 is 9.18 Å². The number of halogens is 2. The van der Waals surface area contributed by atoms with Crippen LogP contribution in [0, 0.1) is 5.82 Å². The van der Waals surface area contributed by atoms with Gasteiger partial charge in [0.2, 0.25) is 5.91 Å². The van der Waals surface area contributed by atoms with Crippen LogP contribution >= 0.6 is 11.6 Å². The van der Waals surface area contributed by atoms with Gasteiger partial charge in [0.25, 0.3) is 0 Å². The Bertz CT molecular complexity index is 455. The summed E-state index contributed by atoms with van der Waals surface area (Å²) in [7, 11) is 0. The molecular weight excluding hydrogens is 257 g/mol. The molecule has 1 aromatic rings. The summed E-state index contributed by atoms with van der Waals surface area (Å²) in [4.78, 5) is 13.3. The quantitative estimate of drug-likeness (QED) is 0.853. The van der Waals surface area contributed by atoms with Gasteiger partial charge in [-0.25, -0.2) is 4.39 Å². The fourth-order valence-electron chi connectivity index (χ4n) is 2.09. The minimum absolute atomic E-state index is 0.0956. The molecule has 3 N–H and O–H groups in total. The molecule has 1 saturated heterocycles. The number of hydrogen-bond donors (Lipinski definition) is 2. The molecule has 1 amide bonds. The lowest BCUT2D eigenvalue weighted by Crippen LogP contribution is -2.56. The van der Waals surface area contributed by atoms with Crippen molar-refractivity contribution in [3.05, 3.63) is 34.6 Å². The Morgan fingerprint density at radius 1 is 1.61 bits per heavy atom. The van der Waals surface area contributed by atoms with Crippen molar-refractivity contribution in [1.82, 2.24) is 10.2 Å². The average Bonchev–Trinajstić information content (AvgIpc) is 2.34. The number of benzene rings is 1. The Balaban J connectivity index is 2.10. The lowest BCUT2D eigenvalue weighted by molar-refractivity contribution is -0.124. The summed E-state index contributed by atoms with van der Waals surface area (Å²) in [6, 6.07) is 4.25. The summed E-state index contributed by atoms with van der Waals surface area (Å²) in [5, 5.41) is 3.22. The second kappa shape index (κ2) is 5.65. The Morgan fingerprint density at radius 2 is 2.39 bits per heavy atom. The number of nitrogens with zero attached hydrogens (tertiary/aromatic N) is 1. The number of piperazine rings is 1. The maximum absolute atomic E-state index is 13.1. The van der Waals surface area contributed by atoms with Gasteiger partial charge in [0.15, 0.2) is 0 Å². The second-order valence-corrected chi connectivity index (χ2v) is 4.75. The van der Waals surface area contributed by atoms with Crippen molar-refractivity contribution in [1.29, 1.82) is 0 Å². The zero-order valence-electron chi connectivity index (χ0n) is 9.83. The summed E-state index contributed by atoms with van der Waals surface area (Å²) in [5.41, 5.74) is 6.23. The van der Waals surface area contributed by atoms with Crippen molar-refractivity contribution in [3.8, 4) is 0 Å². The first kappa shape index (κ1) is 13.3. The largest absolute Gasteiger partial charge is 0.368 e. The Morgan fingerprint density at radius 3 is 3.06 bits per heavy atom. The molecule has 2 rings (SSSR count). The highest BCUT2D eigenvalue weighted by Crippen LogP contribution is 2.18. The van der Waals surface area contributed by atoms with E-state index >= 15 is 0 Å². The van der Waals surface area contributed by atoms with Crippen LogP contribution in [-0.4, -0.2) is 36.5 Å². The van der Waals surface area contributed by atoms with E-state index in [-0.39, 0.29) is 17.0 Å². The van der Waals surface area contributed by atoms with E-state index in [0.717, 1.165) is 18.7 Å². The summed E-state index contributed by atoms with van der Waals surface area (Å²) >= 11 is 5.73. The van der Waals surface area contributed by atoms with Crippen LogP contribution in [0.15, 0.2) is 18.2 Å². The Labute approximate surface area is 110 Å². The fourth-order valence-corrected chi connectivity index (χ4v) is 2.29. The molecule has 1 aliphatic heterocycles. The van der Waals surface area contributed by atoms with Crippen molar-refractivity contribution >= 4 is 17.5 Å². The van der Waals surface area contributed by atoms with Crippen LogP contribution in [0.5, 0.6) is 0 Å². The van der Waals surface area contributed by atoms with Gasteiger partial charge >= 0.3 is 0 Å². The van der Waals surface area contributed by atoms with Crippen LogP contribution < -0.4 is 11.1 Å². The number of rotatable bonds is 3. The van der Waals surface area contributed by atoms with Crippen molar-refractivity contribution in [2.75, 3.05) is 19.6 Å². The molecule has 1 fully saturated rings. The first-order valence-corrected chi connectivity index (χ1v) is 6.14. The fraction of sp³-hybridized carbons (Fsp3) is 0.417. The molecular formula is C12H15ClFN3O. The molecule has 98 valence electrons. The number of nitrogens with two attached hydrogens (primary N) is 1. The van der Waals surface area contributed by atoms with E-state index in [1.165, 1.54) is 6.07 Å². The summed E-state index contributed by atoms with van der Waals surface area (Å²) in [6.07, 6.45) is 0. The standard InChI is InChI=1S/C12H15ClFN3O/c13-9-5-8(1-2-10(9)14)7-17-4-3-16-6-11(17)12(15)18/h1-2,5,11,16H,3-4,6-7H2,(H2,15,18). The van der Waals surface area contributed by atoms with Gasteiger partial charge in [0, 0.05) is 26.2 Å². The maximum atomic E-state index is 13.1. The third-order valence-electron chi connectivity index (χ3n) is 3.05. The van der Waals surface area contributed by atoms with Crippen molar-refractivity contribution in [2.45, 2.75) is 12.6 Å². The van der Waals surface area contributed by atoms with Crippen molar-refractivity contribution in [2.24, 2.45) is 5.73 Å². The Kier molecular flexibility index (Phi) is 4.16. The lowest BCUT2D eigenvalue weighted by atomic mass is 10.1. The molecule has 0 aromatic heterocycles. The highest BCUT2D eigenvalue weighted by molar-refractivity contribution is 6.30. The number of carbonyl (C=O) groups is 1. The van der Waals surface area contributed by atoms with Gasteiger partial charge in [-0.15, -0.1) is 0 Å². The monoisotopic (exact) mass is 271 g/mol. The number of amides is 1. The highest BCUT2D eigenvalue weighted by atomic mass is 35.5. The molecule has 0 radical (unpaired) electrons. The molecule has 0 aliphatic carbocycles. The molecule has 0 saturated carbocycles. The number of hydrogen-bond acceptors (Lipinski definition) is 3. The molecule has 6 heteroatoms. The topological polar surface area (TPSA) is 58.4 Å². The van der Waals surface area contributed by atoms with Crippen LogP contribution in [0.25, 0.3) is 0 Å². The number of carbonyl (C=O) groups excluding carboxylic acids is 1. The van der Waals surface area contributed by atoms with Crippen LogP contribution in [0.4, 0.5) is 4.39 Å². The van der Waals surface area contributed by atoms with E-state index < -0.39 is 5.82 Å². The van der Waals surface area contributed by atoms with Gasteiger partial charge < -0.3 is 11.1 Å². The normalized spacial score (nSPS) is 20.9. The maximum Gasteiger partial charge on any atom is 0.236 e. The van der Waals surface area contributed by atoms with Crippen LogP contribution in [0.1, 0.15) is 5.56 Å². The minimum Gasteiger partial charge on any atom is -0.368 e. The third-order valence-corrected chi connectivity index (χ3v) is 3.34. The highest BCUT2D eigenvalue weighted by Gasteiger charge is 2.26. The number of nitrogens with one attached hydrogen (secondary N) is 1. The van der Waals surface area contributed by atoms with Crippen LogP contribution in [-0.2, 0) is 11.3 Å². The zero-order chi connectivity index (χ0) is 13.1. The molecule has 1 aromatic carbocycles. The smallest absolute Gasteiger partial charge is 0.236 e. The van der Waals surface area contributed by atoms with Crippen LogP contribution in [0.3, 0.4) is 0 Å². The van der Waals surface area contributed by atoms with Crippen LogP contribution in [0.2, 0.25) is 5.02 Å². The van der Waals surface area contributed by atoms with Gasteiger partial charge in [-0.2, -0.15) is 0 Å². The van der Waals surface area contributed by atoms with Gasteiger partial charge in [-0.3, -0.25) is 9.69 Å². The first-order chi connectivity index (χ1) is 8.58. The molecule has 1 aliphatic rings. The molecule has 1 atom stereocenters. The molecule has 1 unspecified atom stereocenters. The summed E-state index contributed by atoms with van der Waals surface area (Å²) in [6.45, 7) is 2.61. The predicted octanol–water partition coefficient (Wildman–Crippen LogP) is 0.738. The minimum atomic E-state index is -0.438. The zero-order valence-corrected chi connectivity index (χ0v) is 10.6. The van der Waals surface area contributed by atoms with E-state index in [4.69, 9.17) is 17.3 Å². The summed E-state index contributed by atoms with van der Waals surface area (Å²) in [5.74, 6) is -0.789. The molecule has 0 spiro atoms. The predicted molar refractivity (Wildman–Crippen MR) is 67.7 cm³/mol. The Hall–Kier alpha value is -1.17. The molecule has 0 bridgehead atoms. The second-order valence-electron chi connectivity index (χ2n) is 4.34. The molecule has 18 heavy (non-hydrogen) atoms. The summed E-state index contributed by atoms with van der Waals surface area (Å²) < 4.78 is 13.1. The first-order valence-electron chi connectivity index (χ1n) is 5.76.